The van der Waals surface area contributed by atoms with Crippen LogP contribution in [0.5, 0.6) is 0 Å². The molecule has 84 valence electrons. The number of alkyl halides is 3. The lowest BCUT2D eigenvalue weighted by molar-refractivity contribution is -0.134. The molecule has 5 heteroatoms. The molecule has 2 atom stereocenters. The third kappa shape index (κ3) is 4.81. The van der Waals surface area contributed by atoms with Crippen molar-refractivity contribution in [3.63, 3.8) is 0 Å². The minimum absolute atomic E-state index is 0.0148. The molecule has 1 aliphatic rings. The van der Waals surface area contributed by atoms with Gasteiger partial charge >= 0.3 is 6.18 Å². The van der Waals surface area contributed by atoms with Crippen molar-refractivity contribution < 1.29 is 17.9 Å². The van der Waals surface area contributed by atoms with Gasteiger partial charge in [0.2, 0.25) is 0 Å². The van der Waals surface area contributed by atoms with Crippen LogP contribution in [0.1, 0.15) is 26.2 Å². The standard InChI is InChI=1S/C9H16F3NO/c1-7-6-8(2-5-14-7)13-4-3-9(10,11)12/h7-8,13H,2-6H2,1H3. The zero-order valence-electron chi connectivity index (χ0n) is 8.23. The lowest BCUT2D eigenvalue weighted by Crippen LogP contribution is -2.39. The Bertz CT molecular complexity index is 172. The predicted molar refractivity (Wildman–Crippen MR) is 47.1 cm³/mol. The molecular formula is C9H16F3NO. The summed E-state index contributed by atoms with van der Waals surface area (Å²) >= 11 is 0. The van der Waals surface area contributed by atoms with Crippen LogP contribution in [0, 0.1) is 0 Å². The van der Waals surface area contributed by atoms with Gasteiger partial charge in [0.05, 0.1) is 12.5 Å². The van der Waals surface area contributed by atoms with E-state index in [2.05, 4.69) is 5.32 Å². The van der Waals surface area contributed by atoms with Crippen LogP contribution in [-0.4, -0.2) is 31.5 Å². The number of halogens is 3. The first-order valence-corrected chi connectivity index (χ1v) is 4.89. The van der Waals surface area contributed by atoms with Gasteiger partial charge in [-0.2, -0.15) is 13.2 Å². The normalized spacial score (nSPS) is 29.1. The molecule has 1 aliphatic heterocycles. The van der Waals surface area contributed by atoms with Crippen molar-refractivity contribution in [2.75, 3.05) is 13.2 Å². The molecule has 0 bridgehead atoms. The molecule has 1 rings (SSSR count). The maximum atomic E-state index is 11.8. The topological polar surface area (TPSA) is 21.3 Å². The van der Waals surface area contributed by atoms with Crippen molar-refractivity contribution in [2.24, 2.45) is 0 Å². The van der Waals surface area contributed by atoms with Crippen molar-refractivity contribution in [1.29, 1.82) is 0 Å². The number of hydrogen-bond donors (Lipinski definition) is 1. The Morgan fingerprint density at radius 3 is 2.71 bits per heavy atom. The first kappa shape index (κ1) is 11.8. The second kappa shape index (κ2) is 4.98. The third-order valence-corrected chi connectivity index (χ3v) is 2.33. The quantitative estimate of drug-likeness (QED) is 0.771. The Morgan fingerprint density at radius 1 is 1.43 bits per heavy atom. The number of ether oxygens (including phenoxy) is 1. The van der Waals surface area contributed by atoms with Gasteiger partial charge < -0.3 is 10.1 Å². The SMILES string of the molecule is CC1CC(NCCC(F)(F)F)CCO1. The summed E-state index contributed by atoms with van der Waals surface area (Å²) in [6, 6.07) is 0.182. The lowest BCUT2D eigenvalue weighted by atomic mass is 10.0. The van der Waals surface area contributed by atoms with Gasteiger partial charge in [0.1, 0.15) is 0 Å². The highest BCUT2D eigenvalue weighted by molar-refractivity contribution is 4.74. The van der Waals surface area contributed by atoms with E-state index in [1.165, 1.54) is 0 Å². The molecule has 0 radical (unpaired) electrons. The third-order valence-electron chi connectivity index (χ3n) is 2.33. The molecular weight excluding hydrogens is 195 g/mol. The van der Waals surface area contributed by atoms with Crippen molar-refractivity contribution >= 4 is 0 Å². The Morgan fingerprint density at radius 2 is 2.14 bits per heavy atom. The molecule has 0 saturated carbocycles. The fraction of sp³-hybridized carbons (Fsp3) is 1.00. The summed E-state index contributed by atoms with van der Waals surface area (Å²) in [5.41, 5.74) is 0. The first-order chi connectivity index (χ1) is 6.47. The van der Waals surface area contributed by atoms with Crippen LogP contribution >= 0.6 is 0 Å². The molecule has 0 aromatic carbocycles. The van der Waals surface area contributed by atoms with E-state index in [1.54, 1.807) is 0 Å². The maximum Gasteiger partial charge on any atom is 0.390 e. The molecule has 2 unspecified atom stereocenters. The molecule has 2 nitrogen and oxygen atoms in total. The zero-order chi connectivity index (χ0) is 10.6. The van der Waals surface area contributed by atoms with Gasteiger partial charge in [0.25, 0.3) is 0 Å². The highest BCUT2D eigenvalue weighted by atomic mass is 19.4. The predicted octanol–water partition coefficient (Wildman–Crippen LogP) is 2.10. The molecule has 0 amide bonds. The van der Waals surface area contributed by atoms with Crippen molar-refractivity contribution in [2.45, 2.75) is 44.5 Å². The van der Waals surface area contributed by atoms with E-state index in [9.17, 15) is 13.2 Å². The summed E-state index contributed by atoms with van der Waals surface area (Å²) in [7, 11) is 0. The van der Waals surface area contributed by atoms with Crippen LogP contribution in [0.3, 0.4) is 0 Å². The average Bonchev–Trinajstić information content (AvgIpc) is 2.01. The van der Waals surface area contributed by atoms with Gasteiger partial charge in [-0.3, -0.25) is 0 Å². The molecule has 0 aromatic heterocycles. The van der Waals surface area contributed by atoms with Crippen LogP contribution in [0.25, 0.3) is 0 Å². The van der Waals surface area contributed by atoms with Gasteiger partial charge in [0, 0.05) is 19.2 Å². The Kier molecular flexibility index (Phi) is 4.19. The van der Waals surface area contributed by atoms with E-state index in [4.69, 9.17) is 4.74 Å². The summed E-state index contributed by atoms with van der Waals surface area (Å²) in [5.74, 6) is 0. The van der Waals surface area contributed by atoms with Crippen LogP contribution in [0.4, 0.5) is 13.2 Å². The summed E-state index contributed by atoms with van der Waals surface area (Å²) in [4.78, 5) is 0. The smallest absolute Gasteiger partial charge is 0.378 e. The van der Waals surface area contributed by atoms with Crippen LogP contribution in [0.15, 0.2) is 0 Å². The van der Waals surface area contributed by atoms with Crippen molar-refractivity contribution in [1.82, 2.24) is 5.32 Å². The van der Waals surface area contributed by atoms with Gasteiger partial charge in [-0.05, 0) is 19.8 Å². The number of nitrogens with one attached hydrogen (secondary N) is 1. The molecule has 1 fully saturated rings. The van der Waals surface area contributed by atoms with Gasteiger partial charge in [-0.15, -0.1) is 0 Å². The minimum atomic E-state index is -4.05. The largest absolute Gasteiger partial charge is 0.390 e. The fourth-order valence-electron chi connectivity index (χ4n) is 1.60. The summed E-state index contributed by atoms with van der Waals surface area (Å²) < 4.78 is 40.8. The zero-order valence-corrected chi connectivity index (χ0v) is 8.23. The molecule has 1 heterocycles. The Balaban J connectivity index is 2.12. The van der Waals surface area contributed by atoms with Crippen LogP contribution < -0.4 is 5.32 Å². The molecule has 1 N–H and O–H groups in total. The maximum absolute atomic E-state index is 11.8. The van der Waals surface area contributed by atoms with E-state index >= 15 is 0 Å². The minimum Gasteiger partial charge on any atom is -0.378 e. The van der Waals surface area contributed by atoms with Gasteiger partial charge in [-0.25, -0.2) is 0 Å². The lowest BCUT2D eigenvalue weighted by Gasteiger charge is -2.28. The first-order valence-electron chi connectivity index (χ1n) is 4.89. The molecule has 1 saturated heterocycles. The van der Waals surface area contributed by atoms with E-state index < -0.39 is 12.6 Å². The number of rotatable bonds is 3. The highest BCUT2D eigenvalue weighted by Gasteiger charge is 2.27. The monoisotopic (exact) mass is 211 g/mol. The second-order valence-electron chi connectivity index (χ2n) is 3.72. The van der Waals surface area contributed by atoms with Crippen molar-refractivity contribution in [3.05, 3.63) is 0 Å². The van der Waals surface area contributed by atoms with Gasteiger partial charge in [0.15, 0.2) is 0 Å². The average molecular weight is 211 g/mol. The summed E-state index contributed by atoms with van der Waals surface area (Å²) in [6.45, 7) is 2.60. The molecule has 0 spiro atoms. The molecule has 0 aliphatic carbocycles. The summed E-state index contributed by atoms with van der Waals surface area (Å²) in [6.07, 6.45) is -3.03. The van der Waals surface area contributed by atoms with E-state index in [0.717, 1.165) is 12.8 Å². The van der Waals surface area contributed by atoms with E-state index in [0.29, 0.717) is 6.61 Å². The van der Waals surface area contributed by atoms with Gasteiger partial charge in [-0.1, -0.05) is 0 Å². The van der Waals surface area contributed by atoms with E-state index in [1.807, 2.05) is 6.92 Å². The van der Waals surface area contributed by atoms with E-state index in [-0.39, 0.29) is 18.7 Å². The van der Waals surface area contributed by atoms with Crippen molar-refractivity contribution in [3.8, 4) is 0 Å². The Hall–Kier alpha value is -0.290. The van der Waals surface area contributed by atoms with Crippen LogP contribution in [-0.2, 0) is 4.74 Å². The molecule has 0 aromatic rings. The summed E-state index contributed by atoms with van der Waals surface area (Å²) in [5, 5.41) is 2.91. The second-order valence-corrected chi connectivity index (χ2v) is 3.72. The van der Waals surface area contributed by atoms with Crippen LogP contribution in [0.2, 0.25) is 0 Å². The molecule has 14 heavy (non-hydrogen) atoms. The highest BCUT2D eigenvalue weighted by Crippen LogP contribution is 2.19. The Labute approximate surface area is 81.8 Å². The fourth-order valence-corrected chi connectivity index (χ4v) is 1.60. The number of hydrogen-bond acceptors (Lipinski definition) is 2.